The summed E-state index contributed by atoms with van der Waals surface area (Å²) in [6, 6.07) is 5.29. The molecule has 0 N–H and O–H groups in total. The van der Waals surface area contributed by atoms with Crippen LogP contribution in [0.15, 0.2) is 36.5 Å². The zero-order valence-corrected chi connectivity index (χ0v) is 9.66. The van der Waals surface area contributed by atoms with Crippen LogP contribution in [0.2, 0.25) is 0 Å². The molecular weight excluding hydrogens is 279 g/mol. The molecule has 104 valence electrons. The summed E-state index contributed by atoms with van der Waals surface area (Å²) in [6.07, 6.45) is -3.79. The summed E-state index contributed by atoms with van der Waals surface area (Å²) < 4.78 is 42.3. The third-order valence-corrected chi connectivity index (χ3v) is 2.19. The lowest BCUT2D eigenvalue weighted by Gasteiger charge is -2.07. The standard InChI is InChI=1S/C11H6F3N3O3/c12-11(13,14)9-5-6-15-10(16-9)20-8-4-2-1-3-7(8)17(18)19/h1-6H. The Kier molecular flexibility index (Phi) is 3.51. The third kappa shape index (κ3) is 2.99. The number of nitro benzene ring substituents is 1. The van der Waals surface area contributed by atoms with E-state index in [2.05, 4.69) is 9.97 Å². The molecule has 0 aliphatic carbocycles. The molecule has 9 heteroatoms. The Labute approximate surface area is 110 Å². The second-order valence-corrected chi connectivity index (χ2v) is 3.55. The molecule has 0 saturated carbocycles. The van der Waals surface area contributed by atoms with Crippen LogP contribution in [0.3, 0.4) is 0 Å². The minimum Gasteiger partial charge on any atom is -0.417 e. The number of hydrogen-bond acceptors (Lipinski definition) is 5. The third-order valence-electron chi connectivity index (χ3n) is 2.19. The predicted octanol–water partition coefficient (Wildman–Crippen LogP) is 3.20. The van der Waals surface area contributed by atoms with Gasteiger partial charge < -0.3 is 4.74 Å². The molecule has 2 aromatic rings. The highest BCUT2D eigenvalue weighted by Gasteiger charge is 2.33. The van der Waals surface area contributed by atoms with Crippen molar-refractivity contribution >= 4 is 5.69 Å². The zero-order valence-electron chi connectivity index (χ0n) is 9.66. The number of hydrogen-bond donors (Lipinski definition) is 0. The van der Waals surface area contributed by atoms with Gasteiger partial charge >= 0.3 is 17.9 Å². The predicted molar refractivity (Wildman–Crippen MR) is 60.2 cm³/mol. The van der Waals surface area contributed by atoms with E-state index < -0.39 is 28.5 Å². The van der Waals surface area contributed by atoms with Crippen molar-refractivity contribution < 1.29 is 22.8 Å². The summed E-state index contributed by atoms with van der Waals surface area (Å²) in [4.78, 5) is 16.7. The van der Waals surface area contributed by atoms with E-state index >= 15 is 0 Å². The topological polar surface area (TPSA) is 78.2 Å². The van der Waals surface area contributed by atoms with Crippen LogP contribution in [0.4, 0.5) is 18.9 Å². The molecule has 1 heterocycles. The van der Waals surface area contributed by atoms with Crippen molar-refractivity contribution in [2.75, 3.05) is 0 Å². The molecule has 0 amide bonds. The maximum Gasteiger partial charge on any atom is 0.433 e. The van der Waals surface area contributed by atoms with Gasteiger partial charge in [-0.3, -0.25) is 10.1 Å². The summed E-state index contributed by atoms with van der Waals surface area (Å²) in [5, 5.41) is 10.7. The van der Waals surface area contributed by atoms with Gasteiger partial charge in [0.05, 0.1) is 4.92 Å². The quantitative estimate of drug-likeness (QED) is 0.639. The summed E-state index contributed by atoms with van der Waals surface area (Å²) in [6.45, 7) is 0. The molecule has 20 heavy (non-hydrogen) atoms. The van der Waals surface area contributed by atoms with E-state index in [-0.39, 0.29) is 5.75 Å². The van der Waals surface area contributed by atoms with Crippen LogP contribution in [0, 0.1) is 10.1 Å². The SMILES string of the molecule is O=[N+]([O-])c1ccccc1Oc1nccc(C(F)(F)F)n1. The summed E-state index contributed by atoms with van der Waals surface area (Å²) in [5.41, 5.74) is -1.59. The van der Waals surface area contributed by atoms with Crippen molar-refractivity contribution in [3.8, 4) is 11.8 Å². The highest BCUT2D eigenvalue weighted by molar-refractivity contribution is 5.46. The van der Waals surface area contributed by atoms with Crippen molar-refractivity contribution in [1.29, 1.82) is 0 Å². The molecule has 0 aliphatic heterocycles. The molecule has 2 rings (SSSR count). The van der Waals surface area contributed by atoms with Gasteiger partial charge in [0.1, 0.15) is 0 Å². The Hall–Kier alpha value is -2.71. The van der Waals surface area contributed by atoms with Gasteiger partial charge in [-0.25, -0.2) is 4.98 Å². The molecule has 0 atom stereocenters. The Morgan fingerprint density at radius 1 is 1.20 bits per heavy atom. The van der Waals surface area contributed by atoms with Crippen molar-refractivity contribution in [3.63, 3.8) is 0 Å². The molecular formula is C11H6F3N3O3. The Morgan fingerprint density at radius 3 is 2.55 bits per heavy atom. The van der Waals surface area contributed by atoms with Gasteiger partial charge in [0.2, 0.25) is 5.75 Å². The first-order chi connectivity index (χ1) is 9.38. The maximum absolute atomic E-state index is 12.5. The molecule has 0 saturated heterocycles. The van der Waals surface area contributed by atoms with E-state index in [0.29, 0.717) is 6.07 Å². The number of aromatic nitrogens is 2. The van der Waals surface area contributed by atoms with Crippen LogP contribution < -0.4 is 4.74 Å². The molecule has 1 aromatic carbocycles. The number of para-hydroxylation sites is 2. The monoisotopic (exact) mass is 285 g/mol. The Bertz CT molecular complexity index is 646. The number of alkyl halides is 3. The molecule has 0 fully saturated rings. The number of rotatable bonds is 3. The van der Waals surface area contributed by atoms with Gasteiger partial charge in [-0.05, 0) is 12.1 Å². The van der Waals surface area contributed by atoms with Gasteiger partial charge in [0.15, 0.2) is 5.69 Å². The summed E-state index contributed by atoms with van der Waals surface area (Å²) in [5.74, 6) is -0.239. The second-order valence-electron chi connectivity index (χ2n) is 3.55. The number of nitro groups is 1. The fraction of sp³-hybridized carbons (Fsp3) is 0.0909. The molecule has 0 radical (unpaired) electrons. The minimum absolute atomic E-state index is 0.239. The average molecular weight is 285 g/mol. The van der Waals surface area contributed by atoms with E-state index in [1.165, 1.54) is 18.2 Å². The van der Waals surface area contributed by atoms with Crippen molar-refractivity contribution in [2.45, 2.75) is 6.18 Å². The van der Waals surface area contributed by atoms with Gasteiger partial charge in [0, 0.05) is 12.3 Å². The fourth-order valence-electron chi connectivity index (χ4n) is 1.34. The first-order valence-electron chi connectivity index (χ1n) is 5.19. The molecule has 0 bridgehead atoms. The van der Waals surface area contributed by atoms with Gasteiger partial charge in [-0.1, -0.05) is 12.1 Å². The number of ether oxygens (including phenoxy) is 1. The highest BCUT2D eigenvalue weighted by atomic mass is 19.4. The van der Waals surface area contributed by atoms with E-state index in [4.69, 9.17) is 4.74 Å². The van der Waals surface area contributed by atoms with Gasteiger partial charge in [-0.15, -0.1) is 0 Å². The first-order valence-corrected chi connectivity index (χ1v) is 5.19. The lowest BCUT2D eigenvalue weighted by molar-refractivity contribution is -0.385. The molecule has 0 spiro atoms. The second kappa shape index (κ2) is 5.11. The lowest BCUT2D eigenvalue weighted by atomic mass is 10.3. The minimum atomic E-state index is -4.65. The number of nitrogens with zero attached hydrogens (tertiary/aromatic N) is 3. The molecule has 0 aliphatic rings. The molecule has 1 aromatic heterocycles. The van der Waals surface area contributed by atoms with E-state index in [9.17, 15) is 23.3 Å². The van der Waals surface area contributed by atoms with Crippen LogP contribution in [0.1, 0.15) is 5.69 Å². The average Bonchev–Trinajstić information content (AvgIpc) is 2.38. The number of halogens is 3. The van der Waals surface area contributed by atoms with Crippen LogP contribution in [-0.2, 0) is 6.18 Å². The van der Waals surface area contributed by atoms with E-state index in [0.717, 1.165) is 12.3 Å². The smallest absolute Gasteiger partial charge is 0.417 e. The largest absolute Gasteiger partial charge is 0.433 e. The molecule has 6 nitrogen and oxygen atoms in total. The van der Waals surface area contributed by atoms with E-state index in [1.807, 2.05) is 0 Å². The molecule has 0 unspecified atom stereocenters. The van der Waals surface area contributed by atoms with Crippen molar-refractivity contribution in [1.82, 2.24) is 9.97 Å². The van der Waals surface area contributed by atoms with E-state index in [1.54, 1.807) is 0 Å². The van der Waals surface area contributed by atoms with Crippen molar-refractivity contribution in [2.24, 2.45) is 0 Å². The zero-order chi connectivity index (χ0) is 14.8. The Balaban J connectivity index is 2.34. The fourth-order valence-corrected chi connectivity index (χ4v) is 1.34. The summed E-state index contributed by atoms with van der Waals surface area (Å²) >= 11 is 0. The van der Waals surface area contributed by atoms with Crippen LogP contribution >= 0.6 is 0 Å². The maximum atomic E-state index is 12.5. The summed E-state index contributed by atoms with van der Waals surface area (Å²) in [7, 11) is 0. The van der Waals surface area contributed by atoms with Gasteiger partial charge in [0.25, 0.3) is 0 Å². The van der Waals surface area contributed by atoms with Crippen molar-refractivity contribution in [3.05, 3.63) is 52.3 Å². The highest BCUT2D eigenvalue weighted by Crippen LogP contribution is 2.31. The number of benzene rings is 1. The lowest BCUT2D eigenvalue weighted by Crippen LogP contribution is -2.09. The first kappa shape index (κ1) is 13.7. The van der Waals surface area contributed by atoms with Crippen LogP contribution in [-0.4, -0.2) is 14.9 Å². The van der Waals surface area contributed by atoms with Crippen LogP contribution in [0.5, 0.6) is 11.8 Å². The normalized spacial score (nSPS) is 11.2. The Morgan fingerprint density at radius 2 is 1.90 bits per heavy atom. The van der Waals surface area contributed by atoms with Gasteiger partial charge in [-0.2, -0.15) is 18.2 Å². The van der Waals surface area contributed by atoms with Crippen LogP contribution in [0.25, 0.3) is 0 Å².